The molecular weight excluding hydrogens is 242 g/mol. The molecule has 1 fully saturated rings. The first-order chi connectivity index (χ1) is 8.75. The number of rotatable bonds is 4. The summed E-state index contributed by atoms with van der Waals surface area (Å²) in [5, 5.41) is 4.32. The Bertz CT molecular complexity index is 374. The number of nitrogens with one attached hydrogen (secondary N) is 1. The highest BCUT2D eigenvalue weighted by atomic mass is 32.1. The summed E-state index contributed by atoms with van der Waals surface area (Å²) in [6.07, 6.45) is 7.95. The molecule has 2 rings (SSSR count). The van der Waals surface area contributed by atoms with E-state index in [0.717, 1.165) is 23.8 Å². The zero-order valence-corrected chi connectivity index (χ0v) is 11.7. The topological polar surface area (TPSA) is 28.2 Å². The molecule has 1 N–H and O–H groups in total. The van der Waals surface area contributed by atoms with Crippen LogP contribution in [0.1, 0.15) is 31.4 Å². The fourth-order valence-electron chi connectivity index (χ4n) is 2.28. The van der Waals surface area contributed by atoms with Gasteiger partial charge < -0.3 is 10.2 Å². The second kappa shape index (κ2) is 6.69. The van der Waals surface area contributed by atoms with E-state index in [4.69, 9.17) is 12.2 Å². The van der Waals surface area contributed by atoms with E-state index in [0.29, 0.717) is 6.04 Å². The summed E-state index contributed by atoms with van der Waals surface area (Å²) in [5.41, 5.74) is 1.12. The highest BCUT2D eigenvalue weighted by molar-refractivity contribution is 7.80. The Labute approximate surface area is 115 Å². The highest BCUT2D eigenvalue weighted by Crippen LogP contribution is 2.17. The lowest BCUT2D eigenvalue weighted by atomic mass is 10.2. The molecule has 1 aliphatic rings. The molecule has 0 bridgehead atoms. The Morgan fingerprint density at radius 2 is 2.22 bits per heavy atom. The standard InChI is InChI=1S/C14H21N3S/c1-17(11-9-12-6-4-5-10-15-12)14(18)16-13-7-2-3-8-13/h4-6,10,13H,2-3,7-9,11H2,1H3,(H,16,18). The van der Waals surface area contributed by atoms with Crippen molar-refractivity contribution in [1.29, 1.82) is 0 Å². The second-order valence-corrected chi connectivity index (χ2v) is 5.31. The van der Waals surface area contributed by atoms with E-state index < -0.39 is 0 Å². The normalized spacial score (nSPS) is 15.6. The molecule has 0 aliphatic heterocycles. The van der Waals surface area contributed by atoms with Crippen molar-refractivity contribution in [2.75, 3.05) is 13.6 Å². The van der Waals surface area contributed by atoms with Gasteiger partial charge in [-0.05, 0) is 37.2 Å². The summed E-state index contributed by atoms with van der Waals surface area (Å²) < 4.78 is 0. The van der Waals surface area contributed by atoms with Gasteiger partial charge in [-0.3, -0.25) is 4.98 Å². The van der Waals surface area contributed by atoms with E-state index in [2.05, 4.69) is 21.3 Å². The molecule has 0 atom stereocenters. The maximum Gasteiger partial charge on any atom is 0.168 e. The molecule has 0 amide bonds. The molecule has 1 aromatic rings. The lowest BCUT2D eigenvalue weighted by Gasteiger charge is -2.23. The molecule has 0 unspecified atom stereocenters. The van der Waals surface area contributed by atoms with Crippen LogP contribution in [0.15, 0.2) is 24.4 Å². The first-order valence-corrected chi connectivity index (χ1v) is 7.08. The smallest absolute Gasteiger partial charge is 0.168 e. The lowest BCUT2D eigenvalue weighted by Crippen LogP contribution is -2.42. The van der Waals surface area contributed by atoms with Crippen molar-refractivity contribution < 1.29 is 0 Å². The summed E-state index contributed by atoms with van der Waals surface area (Å²) in [6, 6.07) is 6.62. The minimum atomic E-state index is 0.592. The fraction of sp³-hybridized carbons (Fsp3) is 0.571. The largest absolute Gasteiger partial charge is 0.360 e. The molecule has 3 nitrogen and oxygen atoms in total. The van der Waals surface area contributed by atoms with Gasteiger partial charge in [-0.25, -0.2) is 0 Å². The van der Waals surface area contributed by atoms with Crippen LogP contribution in [0.2, 0.25) is 0 Å². The zero-order valence-electron chi connectivity index (χ0n) is 10.9. The quantitative estimate of drug-likeness (QED) is 0.844. The van der Waals surface area contributed by atoms with Gasteiger partial charge >= 0.3 is 0 Å². The van der Waals surface area contributed by atoms with Crippen LogP contribution in [-0.2, 0) is 6.42 Å². The molecule has 0 aromatic carbocycles. The van der Waals surface area contributed by atoms with Crippen LogP contribution in [0, 0.1) is 0 Å². The Kier molecular flexibility index (Phi) is 4.93. The van der Waals surface area contributed by atoms with Crippen LogP contribution in [0.5, 0.6) is 0 Å². The lowest BCUT2D eigenvalue weighted by molar-refractivity contribution is 0.477. The summed E-state index contributed by atoms with van der Waals surface area (Å²) >= 11 is 5.42. The SMILES string of the molecule is CN(CCc1ccccn1)C(=S)NC1CCCC1. The van der Waals surface area contributed by atoms with Gasteiger partial charge in [0.15, 0.2) is 5.11 Å². The van der Waals surface area contributed by atoms with Crippen LogP contribution in [0.25, 0.3) is 0 Å². The molecule has 0 radical (unpaired) electrons. The fourth-order valence-corrected chi connectivity index (χ4v) is 2.54. The minimum Gasteiger partial charge on any atom is -0.360 e. The number of aromatic nitrogens is 1. The third-order valence-corrected chi connectivity index (χ3v) is 3.89. The maximum absolute atomic E-state index is 5.42. The van der Waals surface area contributed by atoms with Gasteiger partial charge in [0, 0.05) is 37.9 Å². The Morgan fingerprint density at radius 1 is 1.44 bits per heavy atom. The Balaban J connectivity index is 1.73. The van der Waals surface area contributed by atoms with Gasteiger partial charge in [0.25, 0.3) is 0 Å². The van der Waals surface area contributed by atoms with Crippen molar-refractivity contribution in [2.45, 2.75) is 38.1 Å². The van der Waals surface area contributed by atoms with Gasteiger partial charge in [0.1, 0.15) is 0 Å². The summed E-state index contributed by atoms with van der Waals surface area (Å²) in [4.78, 5) is 6.44. The van der Waals surface area contributed by atoms with Crippen LogP contribution in [-0.4, -0.2) is 34.6 Å². The number of hydrogen-bond acceptors (Lipinski definition) is 2. The Morgan fingerprint density at radius 3 is 2.89 bits per heavy atom. The predicted octanol–water partition coefficient (Wildman–Crippen LogP) is 2.37. The van der Waals surface area contributed by atoms with Gasteiger partial charge in [0.05, 0.1) is 0 Å². The van der Waals surface area contributed by atoms with E-state index in [1.165, 1.54) is 25.7 Å². The summed E-state index contributed by atoms with van der Waals surface area (Å²) in [7, 11) is 2.05. The molecule has 18 heavy (non-hydrogen) atoms. The van der Waals surface area contributed by atoms with Crippen molar-refractivity contribution in [3.8, 4) is 0 Å². The first kappa shape index (κ1) is 13.3. The van der Waals surface area contributed by atoms with Crippen molar-refractivity contribution in [1.82, 2.24) is 15.2 Å². The number of hydrogen-bond donors (Lipinski definition) is 1. The van der Waals surface area contributed by atoms with E-state index in [-0.39, 0.29) is 0 Å². The predicted molar refractivity (Wildman–Crippen MR) is 78.6 cm³/mol. The van der Waals surface area contributed by atoms with E-state index in [9.17, 15) is 0 Å². The third kappa shape index (κ3) is 3.95. The zero-order chi connectivity index (χ0) is 12.8. The third-order valence-electron chi connectivity index (χ3n) is 3.46. The van der Waals surface area contributed by atoms with Crippen LogP contribution < -0.4 is 5.32 Å². The molecule has 4 heteroatoms. The van der Waals surface area contributed by atoms with E-state index in [1.807, 2.05) is 25.4 Å². The molecule has 1 aromatic heterocycles. The number of thiocarbonyl (C=S) groups is 1. The molecule has 0 saturated heterocycles. The van der Waals surface area contributed by atoms with Crippen LogP contribution in [0.3, 0.4) is 0 Å². The average molecular weight is 263 g/mol. The summed E-state index contributed by atoms with van der Waals surface area (Å²) in [6.45, 7) is 0.912. The first-order valence-electron chi connectivity index (χ1n) is 6.67. The molecule has 0 spiro atoms. The average Bonchev–Trinajstić information content (AvgIpc) is 2.90. The number of pyridine rings is 1. The van der Waals surface area contributed by atoms with Gasteiger partial charge in [-0.1, -0.05) is 18.9 Å². The minimum absolute atomic E-state index is 0.592. The van der Waals surface area contributed by atoms with Gasteiger partial charge in [0.2, 0.25) is 0 Å². The molecule has 1 aliphatic carbocycles. The molecule has 1 heterocycles. The van der Waals surface area contributed by atoms with Crippen molar-refractivity contribution >= 4 is 17.3 Å². The molecule has 1 saturated carbocycles. The van der Waals surface area contributed by atoms with Crippen molar-refractivity contribution in [3.63, 3.8) is 0 Å². The van der Waals surface area contributed by atoms with Crippen LogP contribution in [0.4, 0.5) is 0 Å². The Hall–Kier alpha value is -1.16. The van der Waals surface area contributed by atoms with Crippen molar-refractivity contribution in [2.24, 2.45) is 0 Å². The molecular formula is C14H21N3S. The van der Waals surface area contributed by atoms with E-state index in [1.54, 1.807) is 0 Å². The monoisotopic (exact) mass is 263 g/mol. The van der Waals surface area contributed by atoms with E-state index >= 15 is 0 Å². The summed E-state index contributed by atoms with van der Waals surface area (Å²) in [5.74, 6) is 0. The number of nitrogens with zero attached hydrogens (tertiary/aromatic N) is 2. The number of likely N-dealkylation sites (N-methyl/N-ethyl adjacent to an activating group) is 1. The van der Waals surface area contributed by atoms with Gasteiger partial charge in [-0.15, -0.1) is 0 Å². The maximum atomic E-state index is 5.42. The second-order valence-electron chi connectivity index (χ2n) is 4.92. The highest BCUT2D eigenvalue weighted by Gasteiger charge is 2.16. The van der Waals surface area contributed by atoms with Crippen molar-refractivity contribution in [3.05, 3.63) is 30.1 Å². The van der Waals surface area contributed by atoms with Crippen LogP contribution >= 0.6 is 12.2 Å². The molecule has 98 valence electrons. The van der Waals surface area contributed by atoms with Gasteiger partial charge in [-0.2, -0.15) is 0 Å².